The van der Waals surface area contributed by atoms with E-state index >= 15 is 0 Å². The molecule has 0 aliphatic carbocycles. The lowest BCUT2D eigenvalue weighted by Gasteiger charge is -2.25. The molecule has 0 spiro atoms. The highest BCUT2D eigenvalue weighted by molar-refractivity contribution is 5.81. The summed E-state index contributed by atoms with van der Waals surface area (Å²) in [6.45, 7) is 4.81. The molecule has 8 heteroatoms. The van der Waals surface area contributed by atoms with Gasteiger partial charge < -0.3 is 20.3 Å². The lowest BCUT2D eigenvalue weighted by Crippen LogP contribution is -2.49. The number of hydrogen-bond acceptors (Lipinski definition) is 4. The number of aromatic nitrogens is 2. The molecule has 3 N–H and O–H groups in total. The molecule has 38 heavy (non-hydrogen) atoms. The lowest BCUT2D eigenvalue weighted by atomic mass is 10.0. The molecule has 0 aliphatic heterocycles. The van der Waals surface area contributed by atoms with Gasteiger partial charge in [-0.25, -0.2) is 13.8 Å². The number of aryl methyl sites for hydroxylation is 2. The first-order valence-corrected chi connectivity index (χ1v) is 13.0. The van der Waals surface area contributed by atoms with Crippen molar-refractivity contribution in [3.63, 3.8) is 0 Å². The summed E-state index contributed by atoms with van der Waals surface area (Å²) in [5.41, 5.74) is 4.31. The average molecular weight is 521 g/mol. The van der Waals surface area contributed by atoms with Gasteiger partial charge in [0.1, 0.15) is 24.0 Å². The van der Waals surface area contributed by atoms with Gasteiger partial charge in [-0.3, -0.25) is 4.79 Å². The maximum absolute atomic E-state index is 13.9. The van der Waals surface area contributed by atoms with Crippen LogP contribution in [0.5, 0.6) is 0 Å². The van der Waals surface area contributed by atoms with Crippen molar-refractivity contribution in [1.29, 1.82) is 0 Å². The first-order chi connectivity index (χ1) is 18.4. The second-order valence-electron chi connectivity index (χ2n) is 9.48. The Kier molecular flexibility index (Phi) is 9.20. The Morgan fingerprint density at radius 3 is 2.42 bits per heavy atom. The van der Waals surface area contributed by atoms with Gasteiger partial charge in [0.05, 0.1) is 23.2 Å². The largest absolute Gasteiger partial charge is 0.390 e. The molecule has 0 aliphatic rings. The van der Waals surface area contributed by atoms with Gasteiger partial charge in [0, 0.05) is 25.6 Å². The quantitative estimate of drug-likeness (QED) is 0.260. The average Bonchev–Trinajstić information content (AvgIpc) is 3.25. The van der Waals surface area contributed by atoms with Gasteiger partial charge in [0.25, 0.3) is 0 Å². The summed E-state index contributed by atoms with van der Waals surface area (Å²) >= 11 is 0. The summed E-state index contributed by atoms with van der Waals surface area (Å²) in [4.78, 5) is 17.8. The van der Waals surface area contributed by atoms with E-state index in [0.717, 1.165) is 34.9 Å². The lowest BCUT2D eigenvalue weighted by molar-refractivity contribution is -0.123. The van der Waals surface area contributed by atoms with Gasteiger partial charge >= 0.3 is 0 Å². The number of aliphatic hydroxyl groups is 1. The molecule has 4 aromatic rings. The maximum Gasteiger partial charge on any atom is 0.240 e. The number of amides is 1. The Morgan fingerprint density at radius 2 is 1.68 bits per heavy atom. The molecule has 0 fully saturated rings. The highest BCUT2D eigenvalue weighted by Crippen LogP contribution is 2.17. The molecule has 0 bridgehead atoms. The van der Waals surface area contributed by atoms with Gasteiger partial charge in [-0.15, -0.1) is 0 Å². The Hall–Kier alpha value is -3.62. The summed E-state index contributed by atoms with van der Waals surface area (Å²) in [7, 11) is 0. The maximum atomic E-state index is 13.9. The molecule has 1 aromatic heterocycles. The molecule has 0 saturated heterocycles. The normalized spacial score (nSPS) is 13.0. The van der Waals surface area contributed by atoms with E-state index in [2.05, 4.69) is 34.7 Å². The predicted octanol–water partition coefficient (Wildman–Crippen LogP) is 4.32. The molecule has 6 nitrogen and oxygen atoms in total. The Labute approximate surface area is 221 Å². The number of carbonyl (C=O) groups is 1. The fourth-order valence-electron chi connectivity index (χ4n) is 4.70. The fourth-order valence-corrected chi connectivity index (χ4v) is 4.70. The van der Waals surface area contributed by atoms with Crippen molar-refractivity contribution in [2.75, 3.05) is 6.54 Å². The minimum absolute atomic E-state index is 0.0155. The number of halogens is 2. The highest BCUT2D eigenvalue weighted by atomic mass is 19.1. The molecule has 200 valence electrons. The number of hydrogen-bond donors (Lipinski definition) is 3. The van der Waals surface area contributed by atoms with Crippen LogP contribution in [0, 0.1) is 11.6 Å². The van der Waals surface area contributed by atoms with Crippen molar-refractivity contribution in [2.45, 2.75) is 58.3 Å². The van der Waals surface area contributed by atoms with Crippen LogP contribution in [0.25, 0.3) is 11.0 Å². The third-order valence-electron chi connectivity index (χ3n) is 6.62. The first-order valence-electron chi connectivity index (χ1n) is 13.0. The first kappa shape index (κ1) is 27.4. The van der Waals surface area contributed by atoms with Crippen LogP contribution < -0.4 is 10.6 Å². The van der Waals surface area contributed by atoms with Gasteiger partial charge in [-0.2, -0.15) is 0 Å². The summed E-state index contributed by atoms with van der Waals surface area (Å²) in [5.74, 6) is -0.946. The Morgan fingerprint density at radius 1 is 0.947 bits per heavy atom. The standard InChI is InChI=1S/C30H34F2N4O2/c1-3-20-8-7-9-21(12-20)17-33-18-28(37)26(15-22-13-23(31)16-24(32)14-22)35-30(38)19-36-27-11-6-5-10-25(27)34-29(36)4-2/h5-14,16,26,28,33,37H,3-4,15,17-19H2,1-2H3,(H,35,38)/t26?,28-/m0/s1. The molecule has 2 atom stereocenters. The predicted molar refractivity (Wildman–Crippen MR) is 145 cm³/mol. The zero-order valence-electron chi connectivity index (χ0n) is 21.8. The van der Waals surface area contributed by atoms with E-state index in [1.54, 1.807) is 0 Å². The van der Waals surface area contributed by atoms with Crippen molar-refractivity contribution in [2.24, 2.45) is 0 Å². The van der Waals surface area contributed by atoms with E-state index in [9.17, 15) is 18.7 Å². The highest BCUT2D eigenvalue weighted by Gasteiger charge is 2.23. The van der Waals surface area contributed by atoms with Gasteiger partial charge in [-0.1, -0.05) is 50.2 Å². The fraction of sp³-hybridized carbons (Fsp3) is 0.333. The molecule has 0 saturated carbocycles. The SMILES string of the molecule is CCc1cccc(CNC[C@H](O)C(Cc2cc(F)cc(F)c2)NC(=O)Cn2c(CC)nc3ccccc32)c1. The number of rotatable bonds is 12. The van der Waals surface area contributed by atoms with E-state index in [1.807, 2.05) is 47.9 Å². The molecule has 1 amide bonds. The van der Waals surface area contributed by atoms with Crippen LogP contribution in [-0.2, 0) is 37.1 Å². The minimum atomic E-state index is -0.996. The van der Waals surface area contributed by atoms with Crippen LogP contribution in [0.15, 0.2) is 66.7 Å². The van der Waals surface area contributed by atoms with E-state index in [0.29, 0.717) is 18.5 Å². The number of fused-ring (bicyclic) bond motifs is 1. The Balaban J connectivity index is 1.48. The number of para-hydroxylation sites is 2. The molecule has 0 radical (unpaired) electrons. The van der Waals surface area contributed by atoms with Crippen LogP contribution in [0.4, 0.5) is 8.78 Å². The molecular weight excluding hydrogens is 486 g/mol. The van der Waals surface area contributed by atoms with Crippen LogP contribution in [0.2, 0.25) is 0 Å². The van der Waals surface area contributed by atoms with Crippen molar-refractivity contribution in [3.05, 3.63) is 101 Å². The van der Waals surface area contributed by atoms with E-state index in [-0.39, 0.29) is 25.4 Å². The number of carbonyl (C=O) groups excluding carboxylic acids is 1. The molecular formula is C30H34F2N4O2. The molecule has 4 rings (SSSR count). The van der Waals surface area contributed by atoms with Gasteiger partial charge in [0.15, 0.2) is 0 Å². The second-order valence-corrected chi connectivity index (χ2v) is 9.48. The van der Waals surface area contributed by atoms with E-state index < -0.39 is 23.8 Å². The second kappa shape index (κ2) is 12.8. The Bertz CT molecular complexity index is 1370. The van der Waals surface area contributed by atoms with Gasteiger partial charge in [0.2, 0.25) is 5.91 Å². The van der Waals surface area contributed by atoms with Crippen LogP contribution in [-0.4, -0.2) is 39.3 Å². The van der Waals surface area contributed by atoms with Gasteiger partial charge in [-0.05, 0) is 53.8 Å². The molecule has 1 unspecified atom stereocenters. The zero-order valence-corrected chi connectivity index (χ0v) is 21.8. The summed E-state index contributed by atoms with van der Waals surface area (Å²) in [5, 5.41) is 17.2. The number of nitrogens with zero attached hydrogens (tertiary/aromatic N) is 2. The summed E-state index contributed by atoms with van der Waals surface area (Å²) in [6, 6.07) is 18.3. The third-order valence-corrected chi connectivity index (χ3v) is 6.62. The van der Waals surface area contributed by atoms with Crippen molar-refractivity contribution >= 4 is 16.9 Å². The van der Waals surface area contributed by atoms with Crippen LogP contribution in [0.3, 0.4) is 0 Å². The van der Waals surface area contributed by atoms with Crippen LogP contribution >= 0.6 is 0 Å². The van der Waals surface area contributed by atoms with Crippen molar-refractivity contribution in [3.8, 4) is 0 Å². The smallest absolute Gasteiger partial charge is 0.240 e. The number of benzene rings is 3. The summed E-state index contributed by atoms with van der Waals surface area (Å²) in [6.07, 6.45) is 0.658. The number of aliphatic hydroxyl groups excluding tert-OH is 1. The van der Waals surface area contributed by atoms with E-state index in [1.165, 1.54) is 17.7 Å². The summed E-state index contributed by atoms with van der Waals surface area (Å²) < 4.78 is 29.6. The number of nitrogens with one attached hydrogen (secondary N) is 2. The minimum Gasteiger partial charge on any atom is -0.390 e. The zero-order chi connectivity index (χ0) is 27.1. The topological polar surface area (TPSA) is 79.2 Å². The van der Waals surface area contributed by atoms with Crippen LogP contribution in [0.1, 0.15) is 36.4 Å². The third kappa shape index (κ3) is 7.02. The number of imidazole rings is 1. The van der Waals surface area contributed by atoms with E-state index in [4.69, 9.17) is 0 Å². The monoisotopic (exact) mass is 520 g/mol. The van der Waals surface area contributed by atoms with Crippen molar-refractivity contribution in [1.82, 2.24) is 20.2 Å². The molecule has 1 heterocycles. The molecule has 3 aromatic carbocycles. The van der Waals surface area contributed by atoms with Crippen molar-refractivity contribution < 1.29 is 18.7 Å².